The van der Waals surface area contributed by atoms with Gasteiger partial charge in [0, 0.05) is 6.54 Å². The molecule has 1 atom stereocenters. The number of hydrogen-bond acceptors (Lipinski definition) is 2. The Morgan fingerprint density at radius 3 is 2.72 bits per heavy atom. The van der Waals surface area contributed by atoms with Crippen molar-refractivity contribution in [2.24, 2.45) is 0 Å². The van der Waals surface area contributed by atoms with Crippen molar-refractivity contribution in [2.45, 2.75) is 39.2 Å². The highest BCUT2D eigenvalue weighted by Gasteiger charge is 2.10. The maximum atomic E-state index is 13.1. The van der Waals surface area contributed by atoms with Gasteiger partial charge in [0.25, 0.3) is 0 Å². The molecule has 0 saturated heterocycles. The van der Waals surface area contributed by atoms with Gasteiger partial charge in [-0.15, -0.1) is 0 Å². The van der Waals surface area contributed by atoms with E-state index in [4.69, 9.17) is 4.74 Å². The molecule has 0 aromatic heterocycles. The van der Waals surface area contributed by atoms with Crippen molar-refractivity contribution in [1.29, 1.82) is 0 Å². The van der Waals surface area contributed by atoms with Gasteiger partial charge in [0.15, 0.2) is 0 Å². The van der Waals surface area contributed by atoms with Crippen LogP contribution in [0.3, 0.4) is 0 Å². The molecule has 0 fully saturated rings. The van der Waals surface area contributed by atoms with Crippen LogP contribution in [-0.4, -0.2) is 19.2 Å². The lowest BCUT2D eigenvalue weighted by Crippen LogP contribution is -2.31. The van der Waals surface area contributed by atoms with Crippen LogP contribution in [0.1, 0.15) is 33.1 Å². The topological polar surface area (TPSA) is 21.3 Å². The maximum Gasteiger partial charge on any atom is 0.137 e. The number of ether oxygens (including phenoxy) is 1. The zero-order valence-corrected chi connectivity index (χ0v) is 12.6. The number of rotatable bonds is 8. The standard InChI is InChI=1S/C14H21BrFNO/c1-3-5-12(10-17-8-4-2)18-11-6-7-14(16)13(15)9-11/h6-7,9,12,17H,3-5,8,10H2,1-2H3. The molecule has 4 heteroatoms. The van der Waals surface area contributed by atoms with Gasteiger partial charge < -0.3 is 10.1 Å². The van der Waals surface area contributed by atoms with Crippen LogP contribution in [0.5, 0.6) is 5.75 Å². The summed E-state index contributed by atoms with van der Waals surface area (Å²) in [5.41, 5.74) is 0. The molecule has 0 radical (unpaired) electrons. The van der Waals surface area contributed by atoms with Crippen LogP contribution >= 0.6 is 15.9 Å². The third-order valence-corrected chi connectivity index (χ3v) is 3.21. The lowest BCUT2D eigenvalue weighted by Gasteiger charge is -2.19. The Hall–Kier alpha value is -0.610. The van der Waals surface area contributed by atoms with Gasteiger partial charge in [0.2, 0.25) is 0 Å². The Morgan fingerprint density at radius 1 is 1.33 bits per heavy atom. The van der Waals surface area contributed by atoms with Crippen molar-refractivity contribution in [3.63, 3.8) is 0 Å². The summed E-state index contributed by atoms with van der Waals surface area (Å²) in [5.74, 6) is 0.443. The molecule has 1 N–H and O–H groups in total. The fourth-order valence-electron chi connectivity index (χ4n) is 1.71. The minimum atomic E-state index is -0.265. The zero-order valence-electron chi connectivity index (χ0n) is 11.0. The van der Waals surface area contributed by atoms with Gasteiger partial charge in [-0.25, -0.2) is 4.39 Å². The smallest absolute Gasteiger partial charge is 0.137 e. The highest BCUT2D eigenvalue weighted by Crippen LogP contribution is 2.23. The zero-order chi connectivity index (χ0) is 13.4. The van der Waals surface area contributed by atoms with Gasteiger partial charge in [-0.2, -0.15) is 0 Å². The largest absolute Gasteiger partial charge is 0.489 e. The first-order chi connectivity index (χ1) is 8.67. The molecule has 0 saturated carbocycles. The van der Waals surface area contributed by atoms with E-state index in [-0.39, 0.29) is 11.9 Å². The molecule has 0 aliphatic heterocycles. The van der Waals surface area contributed by atoms with E-state index >= 15 is 0 Å². The summed E-state index contributed by atoms with van der Waals surface area (Å²) in [6.07, 6.45) is 3.31. The van der Waals surface area contributed by atoms with Gasteiger partial charge in [-0.1, -0.05) is 20.3 Å². The number of nitrogens with one attached hydrogen (secondary N) is 1. The first-order valence-electron chi connectivity index (χ1n) is 6.49. The van der Waals surface area contributed by atoms with Gasteiger partial charge in [-0.3, -0.25) is 0 Å². The molecule has 0 bridgehead atoms. The molecule has 0 aliphatic rings. The van der Waals surface area contributed by atoms with Gasteiger partial charge in [0.05, 0.1) is 4.47 Å². The van der Waals surface area contributed by atoms with Crippen molar-refractivity contribution in [2.75, 3.05) is 13.1 Å². The van der Waals surface area contributed by atoms with E-state index in [2.05, 4.69) is 35.1 Å². The second-order valence-corrected chi connectivity index (χ2v) is 5.16. The van der Waals surface area contributed by atoms with E-state index in [1.54, 1.807) is 12.1 Å². The van der Waals surface area contributed by atoms with Crippen molar-refractivity contribution in [1.82, 2.24) is 5.32 Å². The third-order valence-electron chi connectivity index (χ3n) is 2.60. The number of hydrogen-bond donors (Lipinski definition) is 1. The highest BCUT2D eigenvalue weighted by atomic mass is 79.9. The summed E-state index contributed by atoms with van der Waals surface area (Å²) in [5, 5.41) is 3.36. The van der Waals surface area contributed by atoms with Gasteiger partial charge in [-0.05, 0) is 53.5 Å². The summed E-state index contributed by atoms with van der Waals surface area (Å²) in [6, 6.07) is 4.77. The predicted molar refractivity (Wildman–Crippen MR) is 76.6 cm³/mol. The monoisotopic (exact) mass is 317 g/mol. The van der Waals surface area contributed by atoms with Crippen molar-refractivity contribution in [3.8, 4) is 5.75 Å². The molecule has 1 rings (SSSR count). The van der Waals surface area contributed by atoms with Gasteiger partial charge in [0.1, 0.15) is 17.7 Å². The van der Waals surface area contributed by atoms with Crippen LogP contribution in [0.2, 0.25) is 0 Å². The average molecular weight is 318 g/mol. The minimum absolute atomic E-state index is 0.138. The Balaban J connectivity index is 2.55. The van der Waals surface area contributed by atoms with Crippen LogP contribution in [0.25, 0.3) is 0 Å². The lowest BCUT2D eigenvalue weighted by molar-refractivity contribution is 0.186. The third kappa shape index (κ3) is 5.36. The Labute approximate surface area is 117 Å². The van der Waals surface area contributed by atoms with Gasteiger partial charge >= 0.3 is 0 Å². The summed E-state index contributed by atoms with van der Waals surface area (Å²) in [4.78, 5) is 0. The average Bonchev–Trinajstić information content (AvgIpc) is 2.34. The van der Waals surface area contributed by atoms with Crippen LogP contribution < -0.4 is 10.1 Å². The number of halogens is 2. The Morgan fingerprint density at radius 2 is 2.11 bits per heavy atom. The normalized spacial score (nSPS) is 12.4. The fourth-order valence-corrected chi connectivity index (χ4v) is 2.06. The van der Waals surface area contributed by atoms with Crippen molar-refractivity contribution >= 4 is 15.9 Å². The predicted octanol–water partition coefficient (Wildman–Crippen LogP) is 4.14. The Bertz CT molecular complexity index is 360. The van der Waals surface area contributed by atoms with Crippen LogP contribution in [0, 0.1) is 5.82 Å². The second-order valence-electron chi connectivity index (χ2n) is 4.31. The molecule has 0 heterocycles. The van der Waals surface area contributed by atoms with E-state index < -0.39 is 0 Å². The fraction of sp³-hybridized carbons (Fsp3) is 0.571. The molecule has 0 aliphatic carbocycles. The number of benzene rings is 1. The molecular weight excluding hydrogens is 297 g/mol. The Kier molecular flexibility index (Phi) is 7.28. The van der Waals surface area contributed by atoms with E-state index in [0.717, 1.165) is 32.4 Å². The quantitative estimate of drug-likeness (QED) is 0.728. The first kappa shape index (κ1) is 15.4. The molecular formula is C14H21BrFNO. The molecule has 18 heavy (non-hydrogen) atoms. The molecule has 0 spiro atoms. The molecule has 1 aromatic rings. The van der Waals surface area contributed by atoms with Crippen LogP contribution in [0.4, 0.5) is 4.39 Å². The highest BCUT2D eigenvalue weighted by molar-refractivity contribution is 9.10. The van der Waals surface area contributed by atoms with E-state index in [1.165, 1.54) is 6.07 Å². The maximum absolute atomic E-state index is 13.1. The van der Waals surface area contributed by atoms with Crippen molar-refractivity contribution in [3.05, 3.63) is 28.5 Å². The summed E-state index contributed by atoms with van der Waals surface area (Å²) in [6.45, 7) is 6.10. The van der Waals surface area contributed by atoms with E-state index in [0.29, 0.717) is 10.2 Å². The first-order valence-corrected chi connectivity index (χ1v) is 7.29. The SMILES string of the molecule is CCCNCC(CCC)Oc1ccc(F)c(Br)c1. The van der Waals surface area contributed by atoms with Crippen LogP contribution in [0.15, 0.2) is 22.7 Å². The minimum Gasteiger partial charge on any atom is -0.489 e. The molecule has 2 nitrogen and oxygen atoms in total. The molecule has 102 valence electrons. The van der Waals surface area contributed by atoms with Crippen molar-refractivity contribution < 1.29 is 9.13 Å². The van der Waals surface area contributed by atoms with E-state index in [1.807, 2.05) is 0 Å². The van der Waals surface area contributed by atoms with E-state index in [9.17, 15) is 4.39 Å². The summed E-state index contributed by atoms with van der Waals surface area (Å²) < 4.78 is 19.4. The van der Waals surface area contributed by atoms with Crippen LogP contribution in [-0.2, 0) is 0 Å². The summed E-state index contributed by atoms with van der Waals surface area (Å²) in [7, 11) is 0. The molecule has 0 amide bonds. The second kappa shape index (κ2) is 8.48. The lowest BCUT2D eigenvalue weighted by atomic mass is 10.2. The molecule has 1 unspecified atom stereocenters. The molecule has 1 aromatic carbocycles. The summed E-state index contributed by atoms with van der Waals surface area (Å²) >= 11 is 3.17.